The van der Waals surface area contributed by atoms with Crippen LogP contribution >= 0.6 is 0 Å². The summed E-state index contributed by atoms with van der Waals surface area (Å²) in [7, 11) is 0. The second kappa shape index (κ2) is 17.6. The molecule has 0 amide bonds. The number of phenolic OH excluding ortho intramolecular Hbond substituents is 1. The largest absolute Gasteiger partial charge is 0.507 e. The van der Waals surface area contributed by atoms with Gasteiger partial charge in [-0.1, -0.05) is 189 Å². The van der Waals surface area contributed by atoms with Crippen LogP contribution < -0.4 is 0 Å². The maximum absolute atomic E-state index is 12.2. The van der Waals surface area contributed by atoms with E-state index in [1.165, 1.54) is 22.3 Å². The molecule has 2 heterocycles. The molecule has 0 spiro atoms. The number of rotatable bonds is 7. The quantitative estimate of drug-likeness (QED) is 0.162. The van der Waals surface area contributed by atoms with Crippen molar-refractivity contribution in [3.05, 3.63) is 193 Å². The van der Waals surface area contributed by atoms with Gasteiger partial charge in [0.1, 0.15) is 11.6 Å². The molecular weight excluding hydrogens is 974 g/mol. The van der Waals surface area contributed by atoms with E-state index in [0.29, 0.717) is 11.4 Å². The van der Waals surface area contributed by atoms with Crippen molar-refractivity contribution in [2.24, 2.45) is 0 Å². The Kier molecular flexibility index (Phi) is 12.2. The van der Waals surface area contributed by atoms with E-state index in [1.54, 1.807) is 0 Å². The van der Waals surface area contributed by atoms with Crippen LogP contribution in [-0.2, 0) is 37.3 Å². The van der Waals surface area contributed by atoms with Crippen LogP contribution in [0.4, 0.5) is 0 Å². The van der Waals surface area contributed by atoms with E-state index < -0.39 is 0 Å². The standard InChI is InChI=1S/C60H56N3O.Pt/c1-58(2,3)46-29-30-53(50(38-46)40-21-14-11-15-22-40)63-54-28-18-25-48(55(54)62-57(63)49-26-17-27-51(56(49)64)60(7,8)9)44-34-45(36-47(35-44)59(4,5)6)52-37-43(31-32-61-52)42-24-16-23-41(33-42)39-19-12-10-13-20-39;/h10-33,35-38,64H,1-9H3;/q-1;. The fourth-order valence-corrected chi connectivity index (χ4v) is 8.67. The fourth-order valence-electron chi connectivity index (χ4n) is 8.67. The van der Waals surface area contributed by atoms with Crippen molar-refractivity contribution in [1.82, 2.24) is 14.5 Å². The van der Waals surface area contributed by atoms with Gasteiger partial charge >= 0.3 is 0 Å². The second-order valence-corrected chi connectivity index (χ2v) is 20.1. The molecule has 0 saturated carbocycles. The van der Waals surface area contributed by atoms with Crippen molar-refractivity contribution in [1.29, 1.82) is 0 Å². The van der Waals surface area contributed by atoms with Gasteiger partial charge in [0, 0.05) is 38.5 Å². The number of para-hydroxylation sites is 2. The number of aromatic hydroxyl groups is 1. The van der Waals surface area contributed by atoms with E-state index >= 15 is 0 Å². The van der Waals surface area contributed by atoms with Crippen molar-refractivity contribution in [3.63, 3.8) is 0 Å². The molecular formula is C60H56N3OPt-. The third kappa shape index (κ3) is 9.02. The SMILES string of the molecule is CC(C)(C)c1cc(-c2cc(-c3cccc(-c4ccccc4)c3)ccn2)[c-]c(-c2cccc3c2nc(-c2cccc(C(C)(C)C)c2O)n3-c2ccc(C(C)(C)C)cc2-c2ccccc2)c1.[Pt]. The summed E-state index contributed by atoms with van der Waals surface area (Å²) in [6.07, 6.45) is 1.90. The third-order valence-corrected chi connectivity index (χ3v) is 12.3. The Bertz CT molecular complexity index is 3160. The van der Waals surface area contributed by atoms with E-state index in [0.717, 1.165) is 66.9 Å². The summed E-state index contributed by atoms with van der Waals surface area (Å²) in [5, 5.41) is 12.2. The number of phenols is 1. The normalized spacial score (nSPS) is 12.0. The minimum atomic E-state index is -0.291. The van der Waals surface area contributed by atoms with Gasteiger partial charge in [-0.05, 0) is 91.6 Å². The van der Waals surface area contributed by atoms with Crippen LogP contribution in [0, 0.1) is 6.07 Å². The van der Waals surface area contributed by atoms with Gasteiger partial charge in [0.05, 0.1) is 22.3 Å². The van der Waals surface area contributed by atoms with E-state index in [-0.39, 0.29) is 43.1 Å². The van der Waals surface area contributed by atoms with E-state index in [9.17, 15) is 5.11 Å². The van der Waals surface area contributed by atoms with Crippen LogP contribution in [0.2, 0.25) is 0 Å². The first-order chi connectivity index (χ1) is 30.5. The van der Waals surface area contributed by atoms with Crippen LogP contribution in [0.15, 0.2) is 170 Å². The van der Waals surface area contributed by atoms with Crippen molar-refractivity contribution < 1.29 is 26.2 Å². The number of imidazole rings is 1. The Balaban J connectivity index is 0.00000576. The van der Waals surface area contributed by atoms with Gasteiger partial charge in [0.25, 0.3) is 0 Å². The molecule has 0 unspecified atom stereocenters. The van der Waals surface area contributed by atoms with Gasteiger partial charge in [-0.15, -0.1) is 29.3 Å². The van der Waals surface area contributed by atoms with Gasteiger partial charge in [-0.25, -0.2) is 4.98 Å². The summed E-state index contributed by atoms with van der Waals surface area (Å²) >= 11 is 0. The molecule has 65 heavy (non-hydrogen) atoms. The van der Waals surface area contributed by atoms with Crippen molar-refractivity contribution in [3.8, 4) is 78.6 Å². The average Bonchev–Trinajstić information content (AvgIpc) is 3.68. The Morgan fingerprint density at radius 1 is 0.477 bits per heavy atom. The third-order valence-electron chi connectivity index (χ3n) is 12.3. The van der Waals surface area contributed by atoms with Crippen LogP contribution in [-0.4, -0.2) is 19.6 Å². The summed E-state index contributed by atoms with van der Waals surface area (Å²) in [5.74, 6) is 0.913. The smallest absolute Gasteiger partial charge is 0.148 e. The molecule has 5 heteroatoms. The molecule has 0 atom stereocenters. The number of pyridine rings is 1. The molecule has 4 nitrogen and oxygen atoms in total. The molecule has 0 saturated heterocycles. The molecule has 0 bridgehead atoms. The van der Waals surface area contributed by atoms with Crippen LogP contribution in [0.3, 0.4) is 0 Å². The van der Waals surface area contributed by atoms with Gasteiger partial charge in [-0.3, -0.25) is 9.55 Å². The molecule has 9 aromatic rings. The molecule has 7 aromatic carbocycles. The van der Waals surface area contributed by atoms with Gasteiger partial charge in [-0.2, -0.15) is 0 Å². The predicted molar refractivity (Wildman–Crippen MR) is 268 cm³/mol. The Hall–Kier alpha value is -6.35. The van der Waals surface area contributed by atoms with Crippen LogP contribution in [0.5, 0.6) is 5.75 Å². The topological polar surface area (TPSA) is 50.9 Å². The molecule has 0 aliphatic carbocycles. The molecule has 0 aliphatic rings. The zero-order chi connectivity index (χ0) is 45.0. The van der Waals surface area contributed by atoms with Crippen LogP contribution in [0.25, 0.3) is 83.9 Å². The van der Waals surface area contributed by atoms with Crippen LogP contribution in [0.1, 0.15) is 79.0 Å². The maximum atomic E-state index is 12.2. The zero-order valence-electron chi connectivity index (χ0n) is 38.8. The Morgan fingerprint density at radius 3 is 1.74 bits per heavy atom. The minimum absolute atomic E-state index is 0. The van der Waals surface area contributed by atoms with E-state index in [2.05, 4.69) is 212 Å². The number of aromatic nitrogens is 3. The first-order valence-electron chi connectivity index (χ1n) is 22.3. The minimum Gasteiger partial charge on any atom is -0.507 e. The van der Waals surface area contributed by atoms with Gasteiger partial charge < -0.3 is 5.11 Å². The van der Waals surface area contributed by atoms with Crippen molar-refractivity contribution >= 4 is 11.0 Å². The Labute approximate surface area is 399 Å². The molecule has 0 fully saturated rings. The molecule has 328 valence electrons. The summed E-state index contributed by atoms with van der Waals surface area (Å²) < 4.78 is 2.25. The number of hydrogen-bond donors (Lipinski definition) is 1. The first kappa shape index (κ1) is 45.2. The summed E-state index contributed by atoms with van der Waals surface area (Å²) in [6.45, 7) is 19.9. The second-order valence-electron chi connectivity index (χ2n) is 20.1. The molecule has 0 radical (unpaired) electrons. The summed E-state index contributed by atoms with van der Waals surface area (Å²) in [6, 6.07) is 61.6. The molecule has 0 aliphatic heterocycles. The Morgan fingerprint density at radius 2 is 1.06 bits per heavy atom. The van der Waals surface area contributed by atoms with E-state index in [4.69, 9.17) is 9.97 Å². The van der Waals surface area contributed by atoms with Crippen molar-refractivity contribution in [2.75, 3.05) is 0 Å². The average molecular weight is 1030 g/mol. The zero-order valence-corrected chi connectivity index (χ0v) is 41.0. The molecule has 9 rings (SSSR count). The van der Waals surface area contributed by atoms with E-state index in [1.807, 2.05) is 30.5 Å². The van der Waals surface area contributed by atoms with Crippen molar-refractivity contribution in [2.45, 2.75) is 78.6 Å². The summed E-state index contributed by atoms with van der Waals surface area (Å²) in [5.41, 5.74) is 16.6. The number of hydrogen-bond acceptors (Lipinski definition) is 3. The number of fused-ring (bicyclic) bond motifs is 1. The monoisotopic (exact) mass is 1030 g/mol. The first-order valence-corrected chi connectivity index (χ1v) is 22.3. The maximum Gasteiger partial charge on any atom is 0.148 e. The fraction of sp³-hybridized carbons (Fsp3) is 0.200. The van der Waals surface area contributed by atoms with Gasteiger partial charge in [0.15, 0.2) is 0 Å². The molecule has 1 N–H and O–H groups in total. The molecule has 2 aromatic heterocycles. The number of benzene rings is 7. The summed E-state index contributed by atoms with van der Waals surface area (Å²) in [4.78, 5) is 10.5. The predicted octanol–water partition coefficient (Wildman–Crippen LogP) is 15.8. The number of nitrogens with zero attached hydrogens (tertiary/aromatic N) is 3. The van der Waals surface area contributed by atoms with Gasteiger partial charge in [0.2, 0.25) is 0 Å².